The van der Waals surface area contributed by atoms with Crippen molar-refractivity contribution in [2.45, 2.75) is 54.4 Å². The number of benzene rings is 2. The molecule has 24 heavy (non-hydrogen) atoms. The summed E-state index contributed by atoms with van der Waals surface area (Å²) in [5, 5.41) is 0. The second kappa shape index (κ2) is 8.86. The van der Waals surface area contributed by atoms with Crippen molar-refractivity contribution >= 4 is 8.85 Å². The minimum atomic E-state index is 0.406. The van der Waals surface area contributed by atoms with Crippen molar-refractivity contribution < 1.29 is 20.0 Å². The summed E-state index contributed by atoms with van der Waals surface area (Å²) in [6.07, 6.45) is 2.56. The van der Waals surface area contributed by atoms with Crippen LogP contribution >= 0.6 is 0 Å². The third-order valence-corrected chi connectivity index (χ3v) is 6.89. The van der Waals surface area contributed by atoms with Gasteiger partial charge in [0, 0.05) is 13.2 Å². The number of hydrogen-bond donors (Lipinski definition) is 0. The van der Waals surface area contributed by atoms with Gasteiger partial charge in [0.05, 0.1) is 0 Å². The van der Waals surface area contributed by atoms with Crippen LogP contribution in [-0.2, 0) is 20.0 Å². The topological polar surface area (TPSA) is 9.23 Å². The van der Waals surface area contributed by atoms with Crippen LogP contribution in [0.2, 0.25) is 0 Å². The Hall–Kier alpha value is -1.07. The summed E-state index contributed by atoms with van der Waals surface area (Å²) in [6.45, 7) is 15.3. The second-order valence-corrected chi connectivity index (χ2v) is 8.47. The average Bonchev–Trinajstić information content (AvgIpc) is 3.03. The van der Waals surface area contributed by atoms with Crippen LogP contribution in [0.4, 0.5) is 0 Å². The van der Waals surface area contributed by atoms with Gasteiger partial charge in [-0.25, -0.2) is 0 Å². The molecule has 1 saturated heterocycles. The van der Waals surface area contributed by atoms with E-state index in [0.717, 1.165) is 13.2 Å². The second-order valence-electron chi connectivity index (χ2n) is 6.88. The molecular weight excluding hydrogens is 283 g/mol. The Balaban J connectivity index is 0.000000355. The first-order chi connectivity index (χ1) is 11.4. The van der Waals surface area contributed by atoms with Crippen molar-refractivity contribution in [3.8, 4) is 0 Å². The van der Waals surface area contributed by atoms with E-state index in [1.165, 1.54) is 46.2 Å². The van der Waals surface area contributed by atoms with Crippen molar-refractivity contribution in [3.05, 3.63) is 57.6 Å². The molecule has 1 heterocycles. The molecule has 1 nitrogen and oxygen atoms in total. The van der Waals surface area contributed by atoms with Crippen molar-refractivity contribution in [1.82, 2.24) is 0 Å². The molecule has 130 valence electrons. The number of aryl methyl sites for hydroxylation is 6. The van der Waals surface area contributed by atoms with Gasteiger partial charge in [0.1, 0.15) is 0 Å². The fourth-order valence-electron chi connectivity index (χ4n) is 3.27. The Labute approximate surface area is 154 Å². The molecule has 3 rings (SSSR count). The standard InChI is InChI=1S/2C9H11.C4H8O.Cr/c2*1-7-4-8(2)6-9(3)5-7;1-2-4-5-3-1;/h2*4-5H,1-3H3;1-4H2;/i;;;1-49. The minimum absolute atomic E-state index is 0.406. The van der Waals surface area contributed by atoms with Crippen molar-refractivity contribution in [3.63, 3.8) is 0 Å². The zero-order valence-corrected chi connectivity index (χ0v) is 17.2. The first-order valence-corrected chi connectivity index (χ1v) is 10.1. The van der Waals surface area contributed by atoms with Gasteiger partial charge in [0.2, 0.25) is 0 Å². The summed E-state index contributed by atoms with van der Waals surface area (Å²) in [4.78, 5) is 0. The van der Waals surface area contributed by atoms with Crippen LogP contribution < -0.4 is 8.85 Å². The maximum atomic E-state index is 4.94. The molecule has 0 unspecified atom stereocenters. The molecule has 0 amide bonds. The quantitative estimate of drug-likeness (QED) is 0.800. The van der Waals surface area contributed by atoms with Crippen LogP contribution in [-0.4, -0.2) is 13.2 Å². The van der Waals surface area contributed by atoms with Crippen LogP contribution in [0, 0.1) is 41.5 Å². The molecule has 2 heteroatoms. The van der Waals surface area contributed by atoms with E-state index >= 15 is 0 Å². The van der Waals surface area contributed by atoms with Gasteiger partial charge in [-0.3, -0.25) is 0 Å². The molecule has 0 radical (unpaired) electrons. The normalized spacial score (nSPS) is 13.6. The van der Waals surface area contributed by atoms with E-state index in [0.29, 0.717) is 15.2 Å². The fraction of sp³-hybridized carbons (Fsp3) is 0.455. The van der Waals surface area contributed by atoms with Crippen LogP contribution in [0.5, 0.6) is 0 Å². The molecule has 0 bridgehead atoms. The molecule has 0 spiro atoms. The molecule has 2 aromatic carbocycles. The van der Waals surface area contributed by atoms with Crippen molar-refractivity contribution in [2.24, 2.45) is 0 Å². The van der Waals surface area contributed by atoms with Crippen molar-refractivity contribution in [1.29, 1.82) is 0 Å². The van der Waals surface area contributed by atoms with Gasteiger partial charge in [-0.05, 0) is 12.8 Å². The van der Waals surface area contributed by atoms with Crippen LogP contribution in [0.15, 0.2) is 24.3 Å². The summed E-state index contributed by atoms with van der Waals surface area (Å²) in [7, 11) is 0. The predicted octanol–water partition coefficient (Wildman–Crippen LogP) is 4.37. The van der Waals surface area contributed by atoms with Gasteiger partial charge in [-0.1, -0.05) is 0 Å². The summed E-state index contributed by atoms with van der Waals surface area (Å²) >= 11 is 0.406. The van der Waals surface area contributed by atoms with Crippen molar-refractivity contribution in [2.75, 3.05) is 13.2 Å². The van der Waals surface area contributed by atoms with E-state index in [4.69, 9.17) is 4.74 Å². The van der Waals surface area contributed by atoms with E-state index < -0.39 is 0 Å². The van der Waals surface area contributed by atoms with E-state index in [-0.39, 0.29) is 0 Å². The fourth-order valence-corrected chi connectivity index (χ4v) is 4.96. The third kappa shape index (κ3) is 5.22. The summed E-state index contributed by atoms with van der Waals surface area (Å²) in [5.41, 5.74) is 8.50. The van der Waals surface area contributed by atoms with E-state index in [9.17, 15) is 0 Å². The predicted molar refractivity (Wildman–Crippen MR) is 101 cm³/mol. The van der Waals surface area contributed by atoms with Crippen LogP contribution in [0.3, 0.4) is 0 Å². The Morgan fingerprint density at radius 3 is 1.21 bits per heavy atom. The Kier molecular flexibility index (Phi) is 7.11. The Morgan fingerprint density at radius 1 is 0.625 bits per heavy atom. The molecule has 0 aromatic heterocycles. The number of ether oxygens (including phenoxy) is 1. The Bertz CT molecular complexity index is 590. The zero-order valence-electron chi connectivity index (χ0n) is 16.0. The average molecular weight is 313 g/mol. The van der Waals surface area contributed by atoms with Crippen LogP contribution in [0.25, 0.3) is 0 Å². The molecule has 2 aromatic rings. The first kappa shape index (κ1) is 19.3. The summed E-state index contributed by atoms with van der Waals surface area (Å²) in [5.74, 6) is 0. The van der Waals surface area contributed by atoms with Gasteiger partial charge in [-0.2, -0.15) is 0 Å². The SMILES string of the molecule is C1CCOC1.Cc1cc(C)[c]([3Cr][c]2c(C)cc(C)cc2C)c(C)c1. The molecule has 1 aliphatic rings. The number of rotatable bonds is 2. The van der Waals surface area contributed by atoms with Crippen LogP contribution in [0.1, 0.15) is 46.2 Å². The third-order valence-electron chi connectivity index (χ3n) is 4.24. The molecule has 0 aliphatic carbocycles. The summed E-state index contributed by atoms with van der Waals surface area (Å²) < 4.78 is 8.04. The Morgan fingerprint density at radius 2 is 0.958 bits per heavy atom. The molecule has 0 N–H and O–H groups in total. The van der Waals surface area contributed by atoms with E-state index in [1.807, 2.05) is 0 Å². The monoisotopic (exact) mass is 313 g/mol. The van der Waals surface area contributed by atoms with Gasteiger partial charge in [0.15, 0.2) is 0 Å². The molecule has 1 fully saturated rings. The maximum absolute atomic E-state index is 4.94. The van der Waals surface area contributed by atoms with Gasteiger partial charge < -0.3 is 4.74 Å². The first-order valence-electron chi connectivity index (χ1n) is 8.79. The van der Waals surface area contributed by atoms with Gasteiger partial charge >= 0.3 is 123 Å². The molecular formula is C22H30CrO. The van der Waals surface area contributed by atoms with E-state index in [2.05, 4.69) is 65.8 Å². The molecule has 1 aliphatic heterocycles. The molecule has 0 saturated carbocycles. The summed E-state index contributed by atoms with van der Waals surface area (Å²) in [6, 6.07) is 9.23. The molecule has 0 atom stereocenters. The van der Waals surface area contributed by atoms with E-state index in [1.54, 1.807) is 8.85 Å². The van der Waals surface area contributed by atoms with Gasteiger partial charge in [-0.15, -0.1) is 0 Å². The number of hydrogen-bond acceptors (Lipinski definition) is 1. The van der Waals surface area contributed by atoms with Gasteiger partial charge in [0.25, 0.3) is 0 Å². The zero-order chi connectivity index (χ0) is 17.7.